The molecule has 0 radical (unpaired) electrons. The summed E-state index contributed by atoms with van der Waals surface area (Å²) in [6.07, 6.45) is -1.83. The largest absolute Gasteiger partial charge is 1.00 e. The molecule has 0 amide bonds. The molecule has 0 aromatic rings. The van der Waals surface area contributed by atoms with Crippen LogP contribution in [0.15, 0.2) is 0 Å². The molecule has 4 N–H and O–H groups in total. The molecule has 0 unspecified atom stereocenters. The second kappa shape index (κ2) is 15.5. The minimum absolute atomic E-state index is 0. The fourth-order valence-electron chi connectivity index (χ4n) is 0. The number of halogens is 1. The van der Waals surface area contributed by atoms with Gasteiger partial charge >= 0.3 is 97.5 Å². The van der Waals surface area contributed by atoms with Crippen LogP contribution in [0, 0.1) is 0 Å². The molecule has 11 heteroatoms. The first-order valence-corrected chi connectivity index (χ1v) is 2.75. The van der Waals surface area contributed by atoms with Crippen molar-refractivity contribution in [1.82, 2.24) is 0 Å². The summed E-state index contributed by atoms with van der Waals surface area (Å²) in [7, 11) is -4.67. The monoisotopic (exact) mass is 260 g/mol. The molecule has 7 nitrogen and oxygen atoms in total. The number of hydrogen-bond acceptors (Lipinski definition) is 3. The van der Waals surface area contributed by atoms with Gasteiger partial charge in [0.15, 0.2) is 0 Å². The molecule has 0 atom stereocenters. The third-order valence-electron chi connectivity index (χ3n) is 0. The van der Waals surface area contributed by atoms with Crippen molar-refractivity contribution in [3.8, 4) is 0 Å². The van der Waals surface area contributed by atoms with Gasteiger partial charge in [-0.15, -0.1) is 12.4 Å². The molecule has 12 heavy (non-hydrogen) atoms. The van der Waals surface area contributed by atoms with E-state index in [1.807, 2.05) is 0 Å². The molecular weight excluding hydrogens is 254 g/mol. The smallest absolute Gasteiger partial charge is 1.00 e. The van der Waals surface area contributed by atoms with Gasteiger partial charge in [-0.25, -0.2) is 4.79 Å². The molecule has 0 heterocycles. The van der Waals surface area contributed by atoms with Crippen LogP contribution in [-0.2, 0) is 10.4 Å². The Kier molecular flexibility index (Phi) is 37.8. The van der Waals surface area contributed by atoms with Crippen LogP contribution in [0.4, 0.5) is 4.79 Å². The van der Waals surface area contributed by atoms with E-state index >= 15 is 0 Å². The van der Waals surface area contributed by atoms with Crippen molar-refractivity contribution in [3.05, 3.63) is 0 Å². The average Bonchev–Trinajstić information content (AvgIpc) is 1.19. The Labute approximate surface area is 143 Å². The van der Waals surface area contributed by atoms with E-state index in [9.17, 15) is 0 Å². The summed E-state index contributed by atoms with van der Waals surface area (Å²) in [5.41, 5.74) is 0. The number of carbonyl (C=O) groups is 1. The third-order valence-corrected chi connectivity index (χ3v) is 0. The van der Waals surface area contributed by atoms with Gasteiger partial charge in [-0.3, -0.25) is 9.11 Å². The molecule has 0 aromatic carbocycles. The Bertz CT molecular complexity index is 174. The number of rotatable bonds is 0. The van der Waals surface area contributed by atoms with Crippen LogP contribution in [0.3, 0.4) is 0 Å². The van der Waals surface area contributed by atoms with Crippen LogP contribution < -0.4 is 80.9 Å². The molecule has 68 valence electrons. The summed E-state index contributed by atoms with van der Waals surface area (Å²) in [6, 6.07) is 0. The molecule has 0 rings (SSSR count). The zero-order valence-electron chi connectivity index (χ0n) is 8.33. The second-order valence-electron chi connectivity index (χ2n) is 0.730. The minimum atomic E-state index is -4.67. The Morgan fingerprint density at radius 3 is 1.17 bits per heavy atom. The number of hydrogen-bond donors (Lipinski definition) is 4. The van der Waals surface area contributed by atoms with E-state index in [0.29, 0.717) is 0 Å². The molecule has 0 saturated carbocycles. The molecule has 0 saturated heterocycles. The van der Waals surface area contributed by atoms with Crippen molar-refractivity contribution in [3.63, 3.8) is 0 Å². The van der Waals surface area contributed by atoms with E-state index in [0.717, 1.165) is 0 Å². The molecule has 0 aliphatic rings. The van der Waals surface area contributed by atoms with E-state index in [4.69, 9.17) is 32.5 Å². The van der Waals surface area contributed by atoms with Crippen LogP contribution in [0.25, 0.3) is 0 Å². The van der Waals surface area contributed by atoms with Gasteiger partial charge in [0.25, 0.3) is 0 Å². The van der Waals surface area contributed by atoms with Crippen molar-refractivity contribution in [2.75, 3.05) is 0 Å². The Morgan fingerprint density at radius 1 is 1.17 bits per heavy atom. The third kappa shape index (κ3) is 346. The van der Waals surface area contributed by atoms with Gasteiger partial charge < -0.3 is 13.1 Å². The normalized spacial score (nSPS) is 6.83. The number of carboxylic acid groups (broad SMARTS) is 2. The second-order valence-corrected chi connectivity index (χ2v) is 1.63. The molecule has 0 aliphatic carbocycles. The van der Waals surface area contributed by atoms with Gasteiger partial charge in [-0.05, 0) is 0 Å². The van der Waals surface area contributed by atoms with E-state index < -0.39 is 16.6 Å². The summed E-state index contributed by atoms with van der Waals surface area (Å²) < 4.78 is 31.6. The average molecular weight is 261 g/mol. The zero-order chi connectivity index (χ0) is 8.08. The van der Waals surface area contributed by atoms with E-state index in [-0.39, 0.29) is 96.2 Å². The summed E-state index contributed by atoms with van der Waals surface area (Å²) in [6.45, 7) is 0. The van der Waals surface area contributed by atoms with E-state index in [1.54, 1.807) is 0 Å². The summed E-state index contributed by atoms with van der Waals surface area (Å²) in [5, 5.41) is 13.9. The van der Waals surface area contributed by atoms with Crippen LogP contribution in [0.5, 0.6) is 0 Å². The van der Waals surface area contributed by atoms with Crippen molar-refractivity contribution in [2.24, 2.45) is 0 Å². The van der Waals surface area contributed by atoms with Gasteiger partial charge in [-0.2, -0.15) is 8.42 Å². The Morgan fingerprint density at radius 2 is 1.17 bits per heavy atom. The van der Waals surface area contributed by atoms with Gasteiger partial charge in [0, 0.05) is 0 Å². The fourth-order valence-corrected chi connectivity index (χ4v) is 0. The molecule has 0 aliphatic heterocycles. The first-order valence-electron chi connectivity index (χ1n) is 1.35. The maximum atomic E-state index is 8.74. The topological polar surface area (TPSA) is 132 Å². The van der Waals surface area contributed by atoms with Gasteiger partial charge in [-0.1, -0.05) is 0 Å². The van der Waals surface area contributed by atoms with Crippen LogP contribution >= 0.6 is 12.4 Å². The minimum Gasteiger partial charge on any atom is -1.00 e. The molecule has 0 spiro atoms. The SMILES string of the molecule is Cl.O=C(O)O.O=S(=O)(O)O.[H-].[H-].[K+].[Na+]. The summed E-state index contributed by atoms with van der Waals surface area (Å²) in [5.74, 6) is 0. The first kappa shape index (κ1) is 29.2. The predicted molar refractivity (Wildman–Crippen MR) is 34.3 cm³/mol. The van der Waals surface area contributed by atoms with Gasteiger partial charge in [0.2, 0.25) is 0 Å². The zero-order valence-corrected chi connectivity index (χ0v) is 13.1. The maximum absolute atomic E-state index is 8.74. The van der Waals surface area contributed by atoms with E-state index in [2.05, 4.69) is 0 Å². The summed E-state index contributed by atoms with van der Waals surface area (Å²) in [4.78, 5) is 8.56. The molecular formula is CH7ClKNaO7S. The van der Waals surface area contributed by atoms with Crippen molar-refractivity contribution < 1.29 is 116 Å². The summed E-state index contributed by atoms with van der Waals surface area (Å²) >= 11 is 0. The van der Waals surface area contributed by atoms with Crippen molar-refractivity contribution in [2.45, 2.75) is 0 Å². The van der Waals surface area contributed by atoms with Crippen LogP contribution in [0.2, 0.25) is 0 Å². The maximum Gasteiger partial charge on any atom is 1.00 e. The van der Waals surface area contributed by atoms with E-state index in [1.165, 1.54) is 0 Å². The van der Waals surface area contributed by atoms with Crippen LogP contribution in [-0.4, -0.2) is 33.9 Å². The first-order chi connectivity index (χ1) is 3.73. The van der Waals surface area contributed by atoms with Crippen LogP contribution in [0.1, 0.15) is 2.85 Å². The Balaban J connectivity index is -0.0000000104. The quantitative estimate of drug-likeness (QED) is 0.252. The van der Waals surface area contributed by atoms with Crippen molar-refractivity contribution in [1.29, 1.82) is 0 Å². The standard InChI is InChI=1S/CH2O3.ClH.K.Na.H2O4S.2H/c2-1(3)4;;;;1-5(2,3)4;;/h(H2,2,3,4);1H;;;(H2,1,2,3,4);;/q;;2*+1;;2*-1. The van der Waals surface area contributed by atoms with Crippen molar-refractivity contribution >= 4 is 29.0 Å². The van der Waals surface area contributed by atoms with Gasteiger partial charge in [0.1, 0.15) is 0 Å². The molecule has 0 aromatic heterocycles. The fraction of sp³-hybridized carbons (Fsp3) is 0. The predicted octanol–water partition coefficient (Wildman–Crippen LogP) is -5.78. The Hall–Kier alpha value is 2.07. The molecule has 0 bridgehead atoms. The van der Waals surface area contributed by atoms with Gasteiger partial charge in [0.05, 0.1) is 0 Å². The molecule has 0 fully saturated rings.